The predicted molar refractivity (Wildman–Crippen MR) is 35.0 cm³/mol. The number of halogens is 2. The quantitative estimate of drug-likeness (QED) is 0.510. The van der Waals surface area contributed by atoms with Crippen LogP contribution in [0.5, 0.6) is 0 Å². The number of unbranched alkanes of at least 4 members (excludes halogenated alkanes) is 2. The zero-order valence-electron chi connectivity index (χ0n) is 5.87. The molecule has 0 spiro atoms. The van der Waals surface area contributed by atoms with Gasteiger partial charge in [0.25, 0.3) is 0 Å². The van der Waals surface area contributed by atoms with E-state index in [1.54, 1.807) is 0 Å². The van der Waals surface area contributed by atoms with Crippen LogP contribution in [0.2, 0.25) is 0 Å². The van der Waals surface area contributed by atoms with Gasteiger partial charge in [0.15, 0.2) is 0 Å². The van der Waals surface area contributed by atoms with Gasteiger partial charge in [-0.05, 0) is 19.8 Å². The van der Waals surface area contributed by atoms with Gasteiger partial charge in [-0.2, -0.15) is 0 Å². The second kappa shape index (κ2) is 5.99. The first kappa shape index (κ1) is 8.86. The molecule has 0 aliphatic carbocycles. The van der Waals surface area contributed by atoms with Crippen molar-refractivity contribution >= 4 is 0 Å². The highest BCUT2D eigenvalue weighted by molar-refractivity contribution is 4.47. The summed E-state index contributed by atoms with van der Waals surface area (Å²) in [5.74, 6) is 0. The highest BCUT2D eigenvalue weighted by Gasteiger charge is 1.95. The molecule has 0 saturated heterocycles. The molecule has 0 heterocycles. The highest BCUT2D eigenvalue weighted by atomic mass is 19.1. The molecule has 0 aromatic carbocycles. The highest BCUT2D eigenvalue weighted by Crippen LogP contribution is 2.05. The van der Waals surface area contributed by atoms with E-state index in [1.807, 2.05) is 0 Å². The fourth-order valence-corrected chi connectivity index (χ4v) is 0.697. The average molecular weight is 136 g/mol. The minimum absolute atomic E-state index is 0.263. The van der Waals surface area contributed by atoms with Crippen molar-refractivity contribution in [1.29, 1.82) is 0 Å². The van der Waals surface area contributed by atoms with E-state index in [2.05, 4.69) is 0 Å². The Bertz CT molecular complexity index is 52.9. The van der Waals surface area contributed by atoms with Crippen LogP contribution in [0.4, 0.5) is 8.78 Å². The molecule has 0 aliphatic rings. The molecule has 0 aliphatic heterocycles. The smallest absolute Gasteiger partial charge is 0.0973 e. The molecule has 0 nitrogen and oxygen atoms in total. The van der Waals surface area contributed by atoms with Crippen LogP contribution in [0.25, 0.3) is 0 Å². The molecule has 0 rings (SSSR count). The molecule has 0 unspecified atom stereocenters. The van der Waals surface area contributed by atoms with Gasteiger partial charge in [0.1, 0.15) is 0 Å². The first-order valence-corrected chi connectivity index (χ1v) is 3.47. The Balaban J connectivity index is 2.75. The van der Waals surface area contributed by atoms with E-state index in [4.69, 9.17) is 0 Å². The Labute approximate surface area is 55.3 Å². The normalized spacial score (nSPS) is 13.7. The van der Waals surface area contributed by atoms with Crippen LogP contribution < -0.4 is 0 Å². The molecule has 1 atom stereocenters. The maximum absolute atomic E-state index is 12.0. The first-order valence-electron chi connectivity index (χ1n) is 3.47. The van der Waals surface area contributed by atoms with E-state index < -0.39 is 6.17 Å². The SMILES string of the molecule is C[C@H](F)CCCCCF. The van der Waals surface area contributed by atoms with Crippen LogP contribution in [0.15, 0.2) is 0 Å². The topological polar surface area (TPSA) is 0 Å². The molecule has 0 amide bonds. The van der Waals surface area contributed by atoms with E-state index in [9.17, 15) is 8.78 Å². The van der Waals surface area contributed by atoms with E-state index in [0.29, 0.717) is 12.8 Å². The summed E-state index contributed by atoms with van der Waals surface area (Å²) in [4.78, 5) is 0. The minimum Gasteiger partial charge on any atom is -0.251 e. The second-order valence-corrected chi connectivity index (χ2v) is 2.32. The summed E-state index contributed by atoms with van der Waals surface area (Å²) in [5.41, 5.74) is 0. The van der Waals surface area contributed by atoms with Gasteiger partial charge in [0.2, 0.25) is 0 Å². The summed E-state index contributed by atoms with van der Waals surface area (Å²) in [6.45, 7) is 1.27. The lowest BCUT2D eigenvalue weighted by molar-refractivity contribution is 0.326. The van der Waals surface area contributed by atoms with Crippen molar-refractivity contribution in [3.8, 4) is 0 Å². The Hall–Kier alpha value is -0.140. The second-order valence-electron chi connectivity index (χ2n) is 2.32. The van der Waals surface area contributed by atoms with Gasteiger partial charge in [-0.3, -0.25) is 4.39 Å². The van der Waals surface area contributed by atoms with Crippen LogP contribution in [-0.4, -0.2) is 12.8 Å². The molecule has 0 bridgehead atoms. The average Bonchev–Trinajstić information content (AvgIpc) is 1.80. The van der Waals surface area contributed by atoms with Gasteiger partial charge in [-0.1, -0.05) is 12.8 Å². The molecule has 0 aromatic heterocycles. The summed E-state index contributed by atoms with van der Waals surface area (Å²) in [6, 6.07) is 0. The van der Waals surface area contributed by atoms with Crippen LogP contribution >= 0.6 is 0 Å². The molecule has 2 heteroatoms. The van der Waals surface area contributed by atoms with Crippen molar-refractivity contribution < 1.29 is 8.78 Å². The standard InChI is InChI=1S/C7H14F2/c1-7(9)5-3-2-4-6-8/h7H,2-6H2,1H3/t7-/m0/s1. The van der Waals surface area contributed by atoms with Crippen LogP contribution in [0, 0.1) is 0 Å². The molecular weight excluding hydrogens is 122 g/mol. The zero-order chi connectivity index (χ0) is 7.11. The van der Waals surface area contributed by atoms with E-state index in [1.165, 1.54) is 6.92 Å². The van der Waals surface area contributed by atoms with Gasteiger partial charge in [0, 0.05) is 0 Å². The van der Waals surface area contributed by atoms with Crippen LogP contribution in [0.3, 0.4) is 0 Å². The third-order valence-corrected chi connectivity index (χ3v) is 1.24. The summed E-state index contributed by atoms with van der Waals surface area (Å²) in [6.07, 6.45) is 2.10. The van der Waals surface area contributed by atoms with Crippen LogP contribution in [0.1, 0.15) is 32.6 Å². The maximum atomic E-state index is 12.0. The van der Waals surface area contributed by atoms with Gasteiger partial charge < -0.3 is 0 Å². The lowest BCUT2D eigenvalue weighted by atomic mass is 10.1. The monoisotopic (exact) mass is 136 g/mol. The van der Waals surface area contributed by atoms with Gasteiger partial charge in [-0.15, -0.1) is 0 Å². The zero-order valence-corrected chi connectivity index (χ0v) is 5.87. The minimum atomic E-state index is -0.718. The molecule has 9 heavy (non-hydrogen) atoms. The van der Waals surface area contributed by atoms with Crippen molar-refractivity contribution in [3.63, 3.8) is 0 Å². The first-order chi connectivity index (χ1) is 4.27. The van der Waals surface area contributed by atoms with E-state index >= 15 is 0 Å². The molecular formula is C7H14F2. The van der Waals surface area contributed by atoms with Crippen molar-refractivity contribution in [1.82, 2.24) is 0 Å². The molecule has 56 valence electrons. The summed E-state index contributed by atoms with van der Waals surface area (Å²) in [5, 5.41) is 0. The summed E-state index contributed by atoms with van der Waals surface area (Å²) < 4.78 is 23.5. The molecule has 0 aromatic rings. The number of hydrogen-bond donors (Lipinski definition) is 0. The lowest BCUT2D eigenvalue weighted by Crippen LogP contribution is -1.91. The molecule has 0 fully saturated rings. The maximum Gasteiger partial charge on any atom is 0.0973 e. The van der Waals surface area contributed by atoms with E-state index in [0.717, 1.165) is 12.8 Å². The van der Waals surface area contributed by atoms with Crippen molar-refractivity contribution in [2.45, 2.75) is 38.8 Å². The van der Waals surface area contributed by atoms with Crippen molar-refractivity contribution in [2.75, 3.05) is 6.67 Å². The summed E-state index contributed by atoms with van der Waals surface area (Å²) in [7, 11) is 0. The van der Waals surface area contributed by atoms with Crippen molar-refractivity contribution in [3.05, 3.63) is 0 Å². The Morgan fingerprint density at radius 3 is 2.33 bits per heavy atom. The number of alkyl halides is 2. The fourth-order valence-electron chi connectivity index (χ4n) is 0.697. The van der Waals surface area contributed by atoms with Crippen molar-refractivity contribution in [2.24, 2.45) is 0 Å². The third kappa shape index (κ3) is 7.86. The third-order valence-electron chi connectivity index (χ3n) is 1.24. The molecule has 0 radical (unpaired) electrons. The number of rotatable bonds is 5. The van der Waals surface area contributed by atoms with Crippen LogP contribution in [-0.2, 0) is 0 Å². The fraction of sp³-hybridized carbons (Fsp3) is 1.00. The number of hydrogen-bond acceptors (Lipinski definition) is 0. The van der Waals surface area contributed by atoms with Gasteiger partial charge in [0.05, 0.1) is 12.8 Å². The largest absolute Gasteiger partial charge is 0.251 e. The van der Waals surface area contributed by atoms with E-state index in [-0.39, 0.29) is 6.67 Å². The predicted octanol–water partition coefficient (Wildman–Crippen LogP) is 2.87. The Morgan fingerprint density at radius 2 is 1.89 bits per heavy atom. The summed E-state index contributed by atoms with van der Waals surface area (Å²) >= 11 is 0. The molecule has 0 saturated carbocycles. The Morgan fingerprint density at radius 1 is 1.22 bits per heavy atom. The molecule has 0 N–H and O–H groups in total. The lowest BCUT2D eigenvalue weighted by Gasteiger charge is -1.98. The van der Waals surface area contributed by atoms with Gasteiger partial charge in [-0.25, -0.2) is 4.39 Å². The van der Waals surface area contributed by atoms with Gasteiger partial charge >= 0.3 is 0 Å². The Kier molecular flexibility index (Phi) is 5.89.